The van der Waals surface area contributed by atoms with Crippen molar-refractivity contribution in [1.82, 2.24) is 9.97 Å². The van der Waals surface area contributed by atoms with Gasteiger partial charge in [0.25, 0.3) is 0 Å². The average Bonchev–Trinajstić information content (AvgIpc) is 2.18. The van der Waals surface area contributed by atoms with Crippen LogP contribution >= 0.6 is 11.8 Å². The van der Waals surface area contributed by atoms with E-state index in [9.17, 15) is 0 Å². The van der Waals surface area contributed by atoms with Crippen molar-refractivity contribution >= 4 is 11.8 Å². The number of aryl methyl sites for hydroxylation is 2. The third-order valence-electron chi connectivity index (χ3n) is 2.55. The molecule has 0 N–H and O–H groups in total. The van der Waals surface area contributed by atoms with Gasteiger partial charge in [0.15, 0.2) is 5.16 Å². The maximum absolute atomic E-state index is 4.54. The van der Waals surface area contributed by atoms with Gasteiger partial charge in [0.2, 0.25) is 0 Å². The Morgan fingerprint density at radius 3 is 2.69 bits per heavy atom. The molecule has 0 atom stereocenters. The van der Waals surface area contributed by atoms with Crippen LogP contribution in [0.3, 0.4) is 0 Å². The molecule has 2 rings (SSSR count). The van der Waals surface area contributed by atoms with Crippen LogP contribution in [0.25, 0.3) is 0 Å². The molecule has 1 aliphatic carbocycles. The second kappa shape index (κ2) is 3.66. The van der Waals surface area contributed by atoms with Crippen molar-refractivity contribution in [2.45, 2.75) is 37.8 Å². The molecule has 0 unspecified atom stereocenters. The maximum Gasteiger partial charge on any atom is 0.187 e. The number of aromatic nitrogens is 2. The quantitative estimate of drug-likeness (QED) is 0.507. The minimum Gasteiger partial charge on any atom is -0.228 e. The van der Waals surface area contributed by atoms with Crippen molar-refractivity contribution in [2.75, 3.05) is 6.26 Å². The van der Waals surface area contributed by atoms with E-state index in [2.05, 4.69) is 16.9 Å². The highest BCUT2D eigenvalue weighted by molar-refractivity contribution is 7.98. The Labute approximate surface area is 83.2 Å². The predicted molar refractivity (Wildman–Crippen MR) is 55.2 cm³/mol. The van der Waals surface area contributed by atoms with Crippen molar-refractivity contribution in [3.8, 4) is 0 Å². The summed E-state index contributed by atoms with van der Waals surface area (Å²) in [6.07, 6.45) is 6.94. The normalized spacial score (nSPS) is 15.5. The zero-order chi connectivity index (χ0) is 9.26. The molecule has 1 heterocycles. The fraction of sp³-hybridized carbons (Fsp3) is 0.600. The van der Waals surface area contributed by atoms with Crippen LogP contribution in [0.5, 0.6) is 0 Å². The van der Waals surface area contributed by atoms with Crippen LogP contribution in [-0.2, 0) is 12.8 Å². The Hall–Kier alpha value is -0.570. The number of hydrogen-bond donors (Lipinski definition) is 0. The van der Waals surface area contributed by atoms with Gasteiger partial charge in [0.1, 0.15) is 0 Å². The molecule has 1 aromatic rings. The Bertz CT molecular complexity index is 323. The van der Waals surface area contributed by atoms with Gasteiger partial charge in [-0.3, -0.25) is 0 Å². The van der Waals surface area contributed by atoms with E-state index in [0.29, 0.717) is 0 Å². The smallest absolute Gasteiger partial charge is 0.187 e. The van der Waals surface area contributed by atoms with Crippen LogP contribution in [0, 0.1) is 6.92 Å². The largest absolute Gasteiger partial charge is 0.228 e. The molecular weight excluding hydrogens is 180 g/mol. The fourth-order valence-corrected chi connectivity index (χ4v) is 2.27. The summed E-state index contributed by atoms with van der Waals surface area (Å²) in [6, 6.07) is 0. The Morgan fingerprint density at radius 2 is 1.92 bits per heavy atom. The lowest BCUT2D eigenvalue weighted by Crippen LogP contribution is -2.09. The third-order valence-corrected chi connectivity index (χ3v) is 3.10. The Kier molecular flexibility index (Phi) is 2.54. The zero-order valence-electron chi connectivity index (χ0n) is 8.13. The predicted octanol–water partition coefficient (Wildman–Crippen LogP) is 2.39. The molecule has 0 bridgehead atoms. The van der Waals surface area contributed by atoms with Crippen molar-refractivity contribution in [3.63, 3.8) is 0 Å². The number of rotatable bonds is 1. The first-order chi connectivity index (χ1) is 6.31. The molecule has 0 radical (unpaired) electrons. The standard InChI is InChI=1S/C10H14N2S/c1-7-8-5-3-4-6-9(8)12-10(11-7)13-2/h3-6H2,1-2H3. The van der Waals surface area contributed by atoms with Gasteiger partial charge in [-0.1, -0.05) is 11.8 Å². The molecule has 0 saturated heterocycles. The van der Waals surface area contributed by atoms with Crippen molar-refractivity contribution in [2.24, 2.45) is 0 Å². The van der Waals surface area contributed by atoms with Crippen LogP contribution in [0.2, 0.25) is 0 Å². The van der Waals surface area contributed by atoms with E-state index >= 15 is 0 Å². The van der Waals surface area contributed by atoms with Gasteiger partial charge in [-0.05, 0) is 44.4 Å². The van der Waals surface area contributed by atoms with E-state index in [4.69, 9.17) is 0 Å². The van der Waals surface area contributed by atoms with Crippen LogP contribution in [0.15, 0.2) is 5.16 Å². The lowest BCUT2D eigenvalue weighted by atomic mass is 9.95. The number of hydrogen-bond acceptors (Lipinski definition) is 3. The SMILES string of the molecule is CSc1nc(C)c2c(n1)CCCC2. The molecule has 0 spiro atoms. The van der Waals surface area contributed by atoms with Crippen LogP contribution in [-0.4, -0.2) is 16.2 Å². The number of thioether (sulfide) groups is 1. The first kappa shape index (κ1) is 9.00. The average molecular weight is 194 g/mol. The van der Waals surface area contributed by atoms with E-state index in [1.165, 1.54) is 36.2 Å². The van der Waals surface area contributed by atoms with Gasteiger partial charge in [-0.25, -0.2) is 9.97 Å². The summed E-state index contributed by atoms with van der Waals surface area (Å²) in [7, 11) is 0. The molecule has 0 saturated carbocycles. The van der Waals surface area contributed by atoms with Crippen LogP contribution in [0.4, 0.5) is 0 Å². The molecule has 1 aromatic heterocycles. The van der Waals surface area contributed by atoms with Crippen LogP contribution in [0.1, 0.15) is 29.8 Å². The maximum atomic E-state index is 4.54. The summed E-state index contributed by atoms with van der Waals surface area (Å²) in [5, 5.41) is 0.929. The minimum absolute atomic E-state index is 0.929. The van der Waals surface area contributed by atoms with E-state index < -0.39 is 0 Å². The summed E-state index contributed by atoms with van der Waals surface area (Å²) < 4.78 is 0. The van der Waals surface area contributed by atoms with Gasteiger partial charge < -0.3 is 0 Å². The molecule has 1 aliphatic rings. The van der Waals surface area contributed by atoms with E-state index in [1.807, 2.05) is 6.26 Å². The molecule has 2 nitrogen and oxygen atoms in total. The first-order valence-electron chi connectivity index (χ1n) is 4.71. The van der Waals surface area contributed by atoms with Crippen molar-refractivity contribution < 1.29 is 0 Å². The Morgan fingerprint density at radius 1 is 1.15 bits per heavy atom. The summed E-state index contributed by atoms with van der Waals surface area (Å²) >= 11 is 1.63. The molecule has 0 aromatic carbocycles. The highest BCUT2D eigenvalue weighted by Crippen LogP contribution is 2.23. The second-order valence-corrected chi connectivity index (χ2v) is 4.20. The number of fused-ring (bicyclic) bond motifs is 1. The lowest BCUT2D eigenvalue weighted by molar-refractivity contribution is 0.642. The van der Waals surface area contributed by atoms with Crippen molar-refractivity contribution in [3.05, 3.63) is 17.0 Å². The fourth-order valence-electron chi connectivity index (χ4n) is 1.85. The van der Waals surface area contributed by atoms with Gasteiger partial charge in [-0.2, -0.15) is 0 Å². The molecular formula is C10H14N2S. The summed E-state index contributed by atoms with van der Waals surface area (Å²) in [6.45, 7) is 2.10. The van der Waals surface area contributed by atoms with Gasteiger partial charge in [0, 0.05) is 11.4 Å². The van der Waals surface area contributed by atoms with E-state index in [1.54, 1.807) is 11.8 Å². The molecule has 0 fully saturated rings. The lowest BCUT2D eigenvalue weighted by Gasteiger charge is -2.16. The van der Waals surface area contributed by atoms with Gasteiger partial charge in [0.05, 0.1) is 0 Å². The topological polar surface area (TPSA) is 25.8 Å². The highest BCUT2D eigenvalue weighted by Gasteiger charge is 2.14. The molecule has 0 aliphatic heterocycles. The summed E-state index contributed by atoms with van der Waals surface area (Å²) in [5.41, 5.74) is 3.89. The minimum atomic E-state index is 0.929. The van der Waals surface area contributed by atoms with E-state index in [0.717, 1.165) is 11.6 Å². The van der Waals surface area contributed by atoms with Crippen molar-refractivity contribution in [1.29, 1.82) is 0 Å². The second-order valence-electron chi connectivity index (χ2n) is 3.43. The van der Waals surface area contributed by atoms with Gasteiger partial charge in [-0.15, -0.1) is 0 Å². The zero-order valence-corrected chi connectivity index (χ0v) is 8.95. The van der Waals surface area contributed by atoms with E-state index in [-0.39, 0.29) is 0 Å². The van der Waals surface area contributed by atoms with Crippen LogP contribution < -0.4 is 0 Å². The summed E-state index contributed by atoms with van der Waals surface area (Å²) in [5.74, 6) is 0. The molecule has 0 amide bonds. The highest BCUT2D eigenvalue weighted by atomic mass is 32.2. The first-order valence-corrected chi connectivity index (χ1v) is 5.94. The molecule has 70 valence electrons. The monoisotopic (exact) mass is 194 g/mol. The van der Waals surface area contributed by atoms with Gasteiger partial charge >= 0.3 is 0 Å². The molecule has 3 heteroatoms. The number of nitrogens with zero attached hydrogens (tertiary/aromatic N) is 2. The summed E-state index contributed by atoms with van der Waals surface area (Å²) in [4.78, 5) is 9.00. The third kappa shape index (κ3) is 1.70. The molecule has 13 heavy (non-hydrogen) atoms. The Balaban J connectivity index is 2.47.